The Balaban J connectivity index is 1.99. The van der Waals surface area contributed by atoms with Crippen molar-refractivity contribution in [1.82, 2.24) is 9.88 Å². The smallest absolute Gasteiger partial charge is 0.410 e. The van der Waals surface area contributed by atoms with E-state index in [4.69, 9.17) is 37.4 Å². The zero-order valence-corrected chi connectivity index (χ0v) is 14.9. The average molecular weight is 363 g/mol. The number of amides is 1. The van der Waals surface area contributed by atoms with Crippen molar-refractivity contribution in [3.63, 3.8) is 0 Å². The van der Waals surface area contributed by atoms with Crippen LogP contribution in [-0.4, -0.2) is 54.0 Å². The Morgan fingerprint density at radius 2 is 2.04 bits per heavy atom. The molecule has 1 atom stereocenters. The molecule has 1 amide bonds. The van der Waals surface area contributed by atoms with Crippen LogP contribution in [-0.2, 0) is 9.47 Å². The molecule has 0 saturated carbocycles. The Labute approximate surface area is 145 Å². The van der Waals surface area contributed by atoms with Crippen LogP contribution < -0.4 is 4.74 Å². The summed E-state index contributed by atoms with van der Waals surface area (Å²) in [6, 6.07) is 2.88. The number of hydrogen-bond donors (Lipinski definition) is 0. The molecule has 0 spiro atoms. The SMILES string of the molecule is CC(C)(C)OC(=O)N1CCOCC1COc1cc(Cl)nc(Cl)c1. The van der Waals surface area contributed by atoms with Gasteiger partial charge in [-0.1, -0.05) is 23.2 Å². The third kappa shape index (κ3) is 5.71. The van der Waals surface area contributed by atoms with Gasteiger partial charge in [0.05, 0.1) is 19.3 Å². The number of carbonyl (C=O) groups is 1. The molecule has 1 fully saturated rings. The predicted octanol–water partition coefficient (Wildman–Crippen LogP) is 3.40. The van der Waals surface area contributed by atoms with Crippen LogP contribution in [0.5, 0.6) is 5.75 Å². The third-order valence-corrected chi connectivity index (χ3v) is 3.42. The first-order valence-corrected chi connectivity index (χ1v) is 8.03. The number of nitrogens with zero attached hydrogens (tertiary/aromatic N) is 2. The predicted molar refractivity (Wildman–Crippen MR) is 87.3 cm³/mol. The summed E-state index contributed by atoms with van der Waals surface area (Å²) >= 11 is 11.7. The highest BCUT2D eigenvalue weighted by Gasteiger charge is 2.31. The van der Waals surface area contributed by atoms with Gasteiger partial charge < -0.3 is 14.2 Å². The van der Waals surface area contributed by atoms with Crippen LogP contribution in [0.2, 0.25) is 10.3 Å². The van der Waals surface area contributed by atoms with Crippen molar-refractivity contribution in [3.8, 4) is 5.75 Å². The summed E-state index contributed by atoms with van der Waals surface area (Å²) in [4.78, 5) is 17.8. The van der Waals surface area contributed by atoms with Gasteiger partial charge >= 0.3 is 6.09 Å². The molecule has 23 heavy (non-hydrogen) atoms. The Morgan fingerprint density at radius 1 is 1.39 bits per heavy atom. The highest BCUT2D eigenvalue weighted by molar-refractivity contribution is 6.32. The van der Waals surface area contributed by atoms with Crippen molar-refractivity contribution >= 4 is 29.3 Å². The molecule has 0 bridgehead atoms. The number of morpholine rings is 1. The Bertz CT molecular complexity index is 543. The van der Waals surface area contributed by atoms with Crippen LogP contribution in [0.25, 0.3) is 0 Å². The monoisotopic (exact) mass is 362 g/mol. The number of ether oxygens (including phenoxy) is 3. The lowest BCUT2D eigenvalue weighted by atomic mass is 10.2. The van der Waals surface area contributed by atoms with Gasteiger partial charge in [-0.15, -0.1) is 0 Å². The molecule has 1 aliphatic rings. The van der Waals surface area contributed by atoms with Gasteiger partial charge in [0.15, 0.2) is 0 Å². The zero-order chi connectivity index (χ0) is 17.0. The molecule has 1 aromatic heterocycles. The summed E-state index contributed by atoms with van der Waals surface area (Å²) in [5.74, 6) is 0.490. The molecule has 1 aromatic rings. The van der Waals surface area contributed by atoms with E-state index < -0.39 is 5.60 Å². The standard InChI is InChI=1S/C15H20Cl2N2O4/c1-15(2,3)23-14(20)19-4-5-21-8-10(19)9-22-11-6-12(16)18-13(17)7-11/h6-7,10H,4-5,8-9H2,1-3H3. The topological polar surface area (TPSA) is 60.9 Å². The van der Waals surface area contributed by atoms with E-state index in [2.05, 4.69) is 4.98 Å². The maximum atomic E-state index is 12.3. The van der Waals surface area contributed by atoms with Gasteiger partial charge in [0.1, 0.15) is 28.3 Å². The van der Waals surface area contributed by atoms with Crippen LogP contribution >= 0.6 is 23.2 Å². The number of halogens is 2. The number of hydrogen-bond acceptors (Lipinski definition) is 5. The fourth-order valence-corrected chi connectivity index (χ4v) is 2.51. The number of aromatic nitrogens is 1. The molecule has 0 aromatic carbocycles. The summed E-state index contributed by atoms with van der Waals surface area (Å²) in [5.41, 5.74) is -0.549. The van der Waals surface area contributed by atoms with Gasteiger partial charge in [-0.25, -0.2) is 9.78 Å². The molecule has 1 unspecified atom stereocenters. The molecule has 128 valence electrons. The van der Waals surface area contributed by atoms with E-state index in [-0.39, 0.29) is 29.0 Å². The van der Waals surface area contributed by atoms with E-state index in [9.17, 15) is 4.79 Å². The molecule has 0 aliphatic carbocycles. The molecular formula is C15H20Cl2N2O4. The lowest BCUT2D eigenvalue weighted by Crippen LogP contribution is -2.52. The summed E-state index contributed by atoms with van der Waals surface area (Å²) in [5, 5.41) is 0.493. The van der Waals surface area contributed by atoms with E-state index in [0.29, 0.717) is 25.5 Å². The molecule has 2 rings (SSSR count). The molecule has 6 nitrogen and oxygen atoms in total. The van der Waals surface area contributed by atoms with Gasteiger partial charge in [-0.05, 0) is 20.8 Å². The van der Waals surface area contributed by atoms with E-state index in [1.165, 1.54) is 0 Å². The van der Waals surface area contributed by atoms with E-state index in [1.807, 2.05) is 20.8 Å². The number of rotatable bonds is 3. The minimum absolute atomic E-state index is 0.246. The lowest BCUT2D eigenvalue weighted by molar-refractivity contribution is -0.0418. The minimum atomic E-state index is -0.549. The molecule has 0 N–H and O–H groups in total. The minimum Gasteiger partial charge on any atom is -0.491 e. The van der Waals surface area contributed by atoms with Gasteiger partial charge in [0, 0.05) is 18.7 Å². The third-order valence-electron chi connectivity index (χ3n) is 3.03. The summed E-state index contributed by atoms with van der Waals surface area (Å²) in [6.45, 7) is 7.05. The quantitative estimate of drug-likeness (QED) is 0.771. The number of carbonyl (C=O) groups excluding carboxylic acids is 1. The van der Waals surface area contributed by atoms with Gasteiger partial charge in [0.2, 0.25) is 0 Å². The summed E-state index contributed by atoms with van der Waals surface area (Å²) in [7, 11) is 0. The zero-order valence-electron chi connectivity index (χ0n) is 13.3. The van der Waals surface area contributed by atoms with Crippen molar-refractivity contribution < 1.29 is 19.0 Å². The fraction of sp³-hybridized carbons (Fsp3) is 0.600. The van der Waals surface area contributed by atoms with Crippen LogP contribution in [0.4, 0.5) is 4.79 Å². The Morgan fingerprint density at radius 3 is 2.65 bits per heavy atom. The maximum Gasteiger partial charge on any atom is 0.410 e. The van der Waals surface area contributed by atoms with Crippen molar-refractivity contribution in [2.24, 2.45) is 0 Å². The van der Waals surface area contributed by atoms with Crippen LogP contribution in [0, 0.1) is 0 Å². The largest absolute Gasteiger partial charge is 0.491 e. The molecule has 2 heterocycles. The molecule has 8 heteroatoms. The van der Waals surface area contributed by atoms with Crippen LogP contribution in [0.3, 0.4) is 0 Å². The summed E-state index contributed by atoms with van der Waals surface area (Å²) in [6.07, 6.45) is -0.375. The van der Waals surface area contributed by atoms with Crippen molar-refractivity contribution in [3.05, 3.63) is 22.4 Å². The van der Waals surface area contributed by atoms with Gasteiger partial charge in [0.25, 0.3) is 0 Å². The van der Waals surface area contributed by atoms with Crippen molar-refractivity contribution in [2.45, 2.75) is 32.4 Å². The molecule has 1 saturated heterocycles. The highest BCUT2D eigenvalue weighted by atomic mass is 35.5. The van der Waals surface area contributed by atoms with Crippen molar-refractivity contribution in [1.29, 1.82) is 0 Å². The van der Waals surface area contributed by atoms with E-state index >= 15 is 0 Å². The first-order valence-electron chi connectivity index (χ1n) is 7.28. The first-order chi connectivity index (χ1) is 10.7. The van der Waals surface area contributed by atoms with Crippen LogP contribution in [0.15, 0.2) is 12.1 Å². The van der Waals surface area contributed by atoms with Gasteiger partial charge in [-0.2, -0.15) is 0 Å². The normalized spacial score (nSPS) is 18.7. The van der Waals surface area contributed by atoms with Gasteiger partial charge in [-0.3, -0.25) is 4.90 Å². The first kappa shape index (κ1) is 18.1. The Kier molecular flexibility index (Phi) is 5.95. The van der Waals surface area contributed by atoms with E-state index in [1.54, 1.807) is 17.0 Å². The Hall–Kier alpha value is -1.24. The van der Waals surface area contributed by atoms with Crippen molar-refractivity contribution in [2.75, 3.05) is 26.4 Å². The van der Waals surface area contributed by atoms with E-state index in [0.717, 1.165) is 0 Å². The molecular weight excluding hydrogens is 343 g/mol. The highest BCUT2D eigenvalue weighted by Crippen LogP contribution is 2.22. The number of pyridine rings is 1. The maximum absolute atomic E-state index is 12.3. The second-order valence-corrected chi connectivity index (χ2v) is 6.94. The van der Waals surface area contributed by atoms with Crippen LogP contribution in [0.1, 0.15) is 20.8 Å². The fourth-order valence-electron chi connectivity index (χ4n) is 2.07. The summed E-state index contributed by atoms with van der Waals surface area (Å²) < 4.78 is 16.5. The second-order valence-electron chi connectivity index (χ2n) is 6.16. The molecule has 1 aliphatic heterocycles. The lowest BCUT2D eigenvalue weighted by Gasteiger charge is -2.36. The average Bonchev–Trinajstić information content (AvgIpc) is 2.42. The molecule has 0 radical (unpaired) electrons. The second kappa shape index (κ2) is 7.55.